The second kappa shape index (κ2) is 6.40. The summed E-state index contributed by atoms with van der Waals surface area (Å²) >= 11 is 0. The van der Waals surface area contributed by atoms with E-state index in [4.69, 9.17) is 4.74 Å². The molecule has 0 saturated carbocycles. The Hall–Kier alpha value is -2.09. The molecule has 0 aliphatic heterocycles. The van der Waals surface area contributed by atoms with Crippen LogP contribution >= 0.6 is 0 Å². The highest BCUT2D eigenvalue weighted by atomic mass is 16.5. The van der Waals surface area contributed by atoms with Gasteiger partial charge in [-0.25, -0.2) is 0 Å². The molecule has 16 heavy (non-hydrogen) atoms. The Morgan fingerprint density at radius 1 is 1.31 bits per heavy atom. The van der Waals surface area contributed by atoms with Crippen LogP contribution in [0.1, 0.15) is 10.4 Å². The second-order valence-electron chi connectivity index (χ2n) is 3.08. The van der Waals surface area contributed by atoms with Crippen molar-refractivity contribution in [2.45, 2.75) is 0 Å². The molecule has 0 heterocycles. The predicted molar refractivity (Wildman–Crippen MR) is 65.8 cm³/mol. The number of methoxy groups -OCH3 is 1. The van der Waals surface area contributed by atoms with E-state index in [0.717, 1.165) is 0 Å². The molecule has 0 saturated heterocycles. The number of hydrogen-bond acceptors (Lipinski definition) is 2. The van der Waals surface area contributed by atoms with E-state index in [1.54, 1.807) is 55.7 Å². The fourth-order valence-electron chi connectivity index (χ4n) is 1.16. The predicted octanol–water partition coefficient (Wildman–Crippen LogP) is 3.18. The molecule has 1 rings (SSSR count). The van der Waals surface area contributed by atoms with Crippen molar-refractivity contribution in [3.8, 4) is 5.75 Å². The van der Waals surface area contributed by atoms with Crippen LogP contribution in [0.5, 0.6) is 5.75 Å². The lowest BCUT2D eigenvalue weighted by molar-refractivity contribution is 0.104. The van der Waals surface area contributed by atoms with E-state index < -0.39 is 0 Å². The van der Waals surface area contributed by atoms with Crippen molar-refractivity contribution >= 4 is 5.78 Å². The Kier molecular flexibility index (Phi) is 4.80. The maximum atomic E-state index is 11.7. The van der Waals surface area contributed by atoms with E-state index in [2.05, 4.69) is 6.58 Å². The van der Waals surface area contributed by atoms with E-state index in [9.17, 15) is 4.79 Å². The molecule has 0 aliphatic rings. The minimum Gasteiger partial charge on any atom is -0.497 e. The summed E-state index contributed by atoms with van der Waals surface area (Å²) in [6.07, 6.45) is 8.36. The summed E-state index contributed by atoms with van der Waals surface area (Å²) < 4.78 is 5.04. The first kappa shape index (κ1) is 12.0. The SMILES string of the molecule is C=C/C=C/C=C/C(=O)c1cccc(OC)c1. The van der Waals surface area contributed by atoms with Gasteiger partial charge in [0.15, 0.2) is 5.78 Å². The van der Waals surface area contributed by atoms with Gasteiger partial charge in [0.2, 0.25) is 0 Å². The fourth-order valence-corrected chi connectivity index (χ4v) is 1.16. The zero-order valence-corrected chi connectivity index (χ0v) is 9.22. The van der Waals surface area contributed by atoms with Crippen LogP contribution in [-0.2, 0) is 0 Å². The van der Waals surface area contributed by atoms with E-state index in [1.807, 2.05) is 0 Å². The van der Waals surface area contributed by atoms with Gasteiger partial charge in [0.1, 0.15) is 5.75 Å². The molecule has 0 spiro atoms. The molecule has 0 atom stereocenters. The molecule has 0 fully saturated rings. The topological polar surface area (TPSA) is 26.3 Å². The summed E-state index contributed by atoms with van der Waals surface area (Å²) in [5.74, 6) is 0.633. The summed E-state index contributed by atoms with van der Waals surface area (Å²) in [6, 6.07) is 7.06. The minimum atomic E-state index is -0.0485. The van der Waals surface area contributed by atoms with E-state index in [0.29, 0.717) is 11.3 Å². The smallest absolute Gasteiger partial charge is 0.185 e. The minimum absolute atomic E-state index is 0.0485. The summed E-state index contributed by atoms with van der Waals surface area (Å²) in [7, 11) is 1.58. The van der Waals surface area contributed by atoms with Crippen LogP contribution in [0.4, 0.5) is 0 Å². The van der Waals surface area contributed by atoms with Crippen molar-refractivity contribution in [1.29, 1.82) is 0 Å². The van der Waals surface area contributed by atoms with Crippen molar-refractivity contribution in [1.82, 2.24) is 0 Å². The maximum absolute atomic E-state index is 11.7. The Balaban J connectivity index is 2.76. The van der Waals surface area contributed by atoms with Crippen molar-refractivity contribution in [3.05, 3.63) is 66.8 Å². The lowest BCUT2D eigenvalue weighted by atomic mass is 10.1. The molecule has 82 valence electrons. The zero-order valence-electron chi connectivity index (χ0n) is 9.22. The van der Waals surface area contributed by atoms with Gasteiger partial charge in [-0.05, 0) is 18.2 Å². The monoisotopic (exact) mass is 214 g/mol. The number of allylic oxidation sites excluding steroid dienone is 5. The van der Waals surface area contributed by atoms with Crippen LogP contribution in [0, 0.1) is 0 Å². The average Bonchev–Trinajstić information content (AvgIpc) is 2.34. The standard InChI is InChI=1S/C14H14O2/c1-3-4-5-6-10-14(15)12-8-7-9-13(11-12)16-2/h3-11H,1H2,2H3/b5-4+,10-6+. The van der Waals surface area contributed by atoms with Crippen LogP contribution < -0.4 is 4.74 Å². The van der Waals surface area contributed by atoms with Crippen molar-refractivity contribution in [2.24, 2.45) is 0 Å². The molecule has 1 aromatic rings. The van der Waals surface area contributed by atoms with Crippen LogP contribution in [0.2, 0.25) is 0 Å². The zero-order chi connectivity index (χ0) is 11.8. The third-order valence-corrected chi connectivity index (χ3v) is 1.96. The van der Waals surface area contributed by atoms with Gasteiger partial charge in [-0.15, -0.1) is 0 Å². The average molecular weight is 214 g/mol. The van der Waals surface area contributed by atoms with E-state index in [1.165, 1.54) is 6.08 Å². The van der Waals surface area contributed by atoms with Crippen LogP contribution in [0.15, 0.2) is 61.2 Å². The van der Waals surface area contributed by atoms with Gasteiger partial charge in [0.25, 0.3) is 0 Å². The number of benzene rings is 1. The van der Waals surface area contributed by atoms with Gasteiger partial charge in [-0.2, -0.15) is 0 Å². The highest BCUT2D eigenvalue weighted by Crippen LogP contribution is 2.13. The van der Waals surface area contributed by atoms with E-state index >= 15 is 0 Å². The third kappa shape index (κ3) is 3.58. The first-order chi connectivity index (χ1) is 7.77. The Bertz CT molecular complexity index is 428. The molecular formula is C14H14O2. The van der Waals surface area contributed by atoms with Crippen molar-refractivity contribution in [3.63, 3.8) is 0 Å². The van der Waals surface area contributed by atoms with E-state index in [-0.39, 0.29) is 5.78 Å². The first-order valence-corrected chi connectivity index (χ1v) is 4.92. The molecule has 0 N–H and O–H groups in total. The lowest BCUT2D eigenvalue weighted by Crippen LogP contribution is -1.94. The fraction of sp³-hybridized carbons (Fsp3) is 0.0714. The summed E-state index contributed by atoms with van der Waals surface area (Å²) in [6.45, 7) is 3.54. The second-order valence-corrected chi connectivity index (χ2v) is 3.08. The molecule has 0 radical (unpaired) electrons. The van der Waals surface area contributed by atoms with Crippen LogP contribution in [-0.4, -0.2) is 12.9 Å². The number of carbonyl (C=O) groups excluding carboxylic acids is 1. The summed E-state index contributed by atoms with van der Waals surface area (Å²) in [4.78, 5) is 11.7. The summed E-state index contributed by atoms with van der Waals surface area (Å²) in [5.41, 5.74) is 0.614. The highest BCUT2D eigenvalue weighted by molar-refractivity contribution is 6.04. The molecule has 0 amide bonds. The van der Waals surface area contributed by atoms with Gasteiger partial charge in [0, 0.05) is 5.56 Å². The molecule has 0 unspecified atom stereocenters. The van der Waals surface area contributed by atoms with Crippen molar-refractivity contribution < 1.29 is 9.53 Å². The summed E-state index contributed by atoms with van der Waals surface area (Å²) in [5, 5.41) is 0. The van der Waals surface area contributed by atoms with Gasteiger partial charge in [-0.3, -0.25) is 4.79 Å². The number of carbonyl (C=O) groups is 1. The van der Waals surface area contributed by atoms with Gasteiger partial charge < -0.3 is 4.74 Å². The maximum Gasteiger partial charge on any atom is 0.185 e. The number of ketones is 1. The molecular weight excluding hydrogens is 200 g/mol. The first-order valence-electron chi connectivity index (χ1n) is 4.92. The lowest BCUT2D eigenvalue weighted by Gasteiger charge is -2.00. The molecule has 0 aliphatic carbocycles. The molecule has 0 bridgehead atoms. The highest BCUT2D eigenvalue weighted by Gasteiger charge is 2.01. The van der Waals surface area contributed by atoms with Crippen molar-refractivity contribution in [2.75, 3.05) is 7.11 Å². The molecule has 2 nitrogen and oxygen atoms in total. The number of hydrogen-bond donors (Lipinski definition) is 0. The van der Waals surface area contributed by atoms with Crippen LogP contribution in [0.25, 0.3) is 0 Å². The Morgan fingerprint density at radius 3 is 2.81 bits per heavy atom. The number of rotatable bonds is 5. The van der Waals surface area contributed by atoms with Gasteiger partial charge in [-0.1, -0.05) is 43.0 Å². The van der Waals surface area contributed by atoms with Gasteiger partial charge >= 0.3 is 0 Å². The molecule has 2 heteroatoms. The van der Waals surface area contributed by atoms with Crippen LogP contribution in [0.3, 0.4) is 0 Å². The molecule has 1 aromatic carbocycles. The van der Waals surface area contributed by atoms with Gasteiger partial charge in [0.05, 0.1) is 7.11 Å². The largest absolute Gasteiger partial charge is 0.497 e. The number of ether oxygens (including phenoxy) is 1. The third-order valence-electron chi connectivity index (χ3n) is 1.96. The Labute approximate surface area is 95.6 Å². The normalized spacial score (nSPS) is 10.8. The Morgan fingerprint density at radius 2 is 2.12 bits per heavy atom. The quantitative estimate of drug-likeness (QED) is 0.427. The molecule has 0 aromatic heterocycles.